The van der Waals surface area contributed by atoms with Gasteiger partial charge in [0, 0.05) is 34.8 Å². The summed E-state index contributed by atoms with van der Waals surface area (Å²) in [6.45, 7) is 5.85. The summed E-state index contributed by atoms with van der Waals surface area (Å²) in [5.41, 5.74) is 1.56. The molecule has 4 rings (SSSR count). The molecule has 1 unspecified atom stereocenters. The van der Waals surface area contributed by atoms with Crippen molar-refractivity contribution in [2.75, 3.05) is 17.6 Å². The van der Waals surface area contributed by atoms with E-state index in [1.807, 2.05) is 17.5 Å². The number of rotatable bonds is 5. The highest BCUT2D eigenvalue weighted by Gasteiger charge is 2.37. The number of benzene rings is 1. The van der Waals surface area contributed by atoms with Crippen molar-refractivity contribution >= 4 is 46.1 Å². The maximum Gasteiger partial charge on any atom is 0.411 e. The Balaban J connectivity index is 1.37. The van der Waals surface area contributed by atoms with Crippen molar-refractivity contribution in [3.05, 3.63) is 35.2 Å². The van der Waals surface area contributed by atoms with Gasteiger partial charge in [-0.15, -0.1) is 23.1 Å². The van der Waals surface area contributed by atoms with E-state index in [0.29, 0.717) is 34.7 Å². The highest BCUT2D eigenvalue weighted by Crippen LogP contribution is 2.29. The number of amides is 3. The number of ether oxygens (including phenoxy) is 1. The van der Waals surface area contributed by atoms with E-state index >= 15 is 0 Å². The Kier molecular flexibility index (Phi) is 6.43. The van der Waals surface area contributed by atoms with Gasteiger partial charge in [0.05, 0.1) is 5.69 Å². The number of hydrogen-bond donors (Lipinski definition) is 2. The fourth-order valence-electron chi connectivity index (χ4n) is 3.11. The maximum atomic E-state index is 12.8. The van der Waals surface area contributed by atoms with Crippen LogP contribution in [0.15, 0.2) is 29.6 Å². The molecule has 1 atom stereocenters. The summed E-state index contributed by atoms with van der Waals surface area (Å²) < 4.78 is 5.42. The van der Waals surface area contributed by atoms with Crippen LogP contribution in [0.3, 0.4) is 0 Å². The normalized spacial score (nSPS) is 18.3. The maximum absolute atomic E-state index is 12.8. The van der Waals surface area contributed by atoms with E-state index in [1.165, 1.54) is 28.0 Å². The summed E-state index contributed by atoms with van der Waals surface area (Å²) in [5, 5.41) is 7.43. The molecule has 0 spiro atoms. The van der Waals surface area contributed by atoms with E-state index in [1.54, 1.807) is 32.9 Å². The molecule has 170 valence electrons. The summed E-state index contributed by atoms with van der Waals surface area (Å²) >= 11 is 2.71. The lowest BCUT2D eigenvalue weighted by Crippen LogP contribution is -2.44. The topological polar surface area (TPSA) is 101 Å². The van der Waals surface area contributed by atoms with Crippen LogP contribution in [0.4, 0.5) is 9.93 Å². The van der Waals surface area contributed by atoms with Crippen molar-refractivity contribution in [2.45, 2.75) is 50.6 Å². The van der Waals surface area contributed by atoms with E-state index in [4.69, 9.17) is 4.74 Å². The number of anilines is 1. The first-order valence-corrected chi connectivity index (χ1v) is 12.4. The van der Waals surface area contributed by atoms with Gasteiger partial charge in [-0.05, 0) is 45.7 Å². The average molecular weight is 475 g/mol. The van der Waals surface area contributed by atoms with E-state index in [0.717, 1.165) is 18.4 Å². The Labute approximate surface area is 195 Å². The van der Waals surface area contributed by atoms with E-state index < -0.39 is 17.1 Å². The van der Waals surface area contributed by atoms with Crippen LogP contribution in [0.2, 0.25) is 0 Å². The molecule has 10 heteroatoms. The lowest BCUT2D eigenvalue weighted by atomic mass is 10.1. The highest BCUT2D eigenvalue weighted by atomic mass is 32.2. The Morgan fingerprint density at radius 3 is 2.53 bits per heavy atom. The number of hydrogen-bond acceptors (Lipinski definition) is 7. The van der Waals surface area contributed by atoms with E-state index in [9.17, 15) is 14.4 Å². The Morgan fingerprint density at radius 1 is 1.16 bits per heavy atom. The zero-order chi connectivity index (χ0) is 22.9. The van der Waals surface area contributed by atoms with Gasteiger partial charge in [-0.3, -0.25) is 19.8 Å². The molecule has 2 heterocycles. The van der Waals surface area contributed by atoms with Crippen molar-refractivity contribution in [1.82, 2.24) is 15.2 Å². The van der Waals surface area contributed by atoms with Gasteiger partial charge in [0.15, 0.2) is 10.5 Å². The molecule has 1 aliphatic carbocycles. The molecule has 2 fully saturated rings. The van der Waals surface area contributed by atoms with Crippen molar-refractivity contribution in [3.8, 4) is 11.3 Å². The van der Waals surface area contributed by atoms with Crippen LogP contribution < -0.4 is 10.6 Å². The molecule has 32 heavy (non-hydrogen) atoms. The molecule has 1 saturated carbocycles. The Hall–Kier alpha value is -2.59. The number of carbonyl (C=O) groups is 3. The van der Waals surface area contributed by atoms with Gasteiger partial charge in [-0.1, -0.05) is 12.1 Å². The molecule has 2 aromatic rings. The monoisotopic (exact) mass is 474 g/mol. The molecule has 3 amide bonds. The molecule has 8 nitrogen and oxygen atoms in total. The van der Waals surface area contributed by atoms with Crippen molar-refractivity contribution in [1.29, 1.82) is 0 Å². The zero-order valence-electron chi connectivity index (χ0n) is 18.2. The minimum absolute atomic E-state index is 0.0612. The standard InChI is InChI=1S/C22H26N4O4S2/c1-22(2,3)30-21(29)26-10-11-31-19(26)18(28)25-20-24-16(12-32-20)13-4-6-14(7-5-13)17(27)23-15-8-9-15/h4-7,12,15,19H,8-11H2,1-3H3,(H,23,27)(H,24,25,28). The third kappa shape index (κ3) is 5.60. The summed E-state index contributed by atoms with van der Waals surface area (Å²) in [7, 11) is 0. The summed E-state index contributed by atoms with van der Waals surface area (Å²) in [4.78, 5) is 43.3. The second-order valence-electron chi connectivity index (χ2n) is 8.75. The molecule has 1 aromatic carbocycles. The smallest absolute Gasteiger partial charge is 0.411 e. The quantitative estimate of drug-likeness (QED) is 0.681. The van der Waals surface area contributed by atoms with Crippen LogP contribution >= 0.6 is 23.1 Å². The van der Waals surface area contributed by atoms with E-state index in [-0.39, 0.29) is 11.8 Å². The van der Waals surface area contributed by atoms with Crippen LogP contribution in [0, 0.1) is 0 Å². The highest BCUT2D eigenvalue weighted by molar-refractivity contribution is 8.00. The number of carbonyl (C=O) groups excluding carboxylic acids is 3. The molecule has 2 aliphatic rings. The second kappa shape index (κ2) is 9.11. The van der Waals surface area contributed by atoms with Crippen LogP contribution in [0.1, 0.15) is 44.0 Å². The zero-order valence-corrected chi connectivity index (χ0v) is 19.8. The SMILES string of the molecule is CC(C)(C)OC(=O)N1CCSC1C(=O)Nc1nc(-c2ccc(C(=O)NC3CC3)cc2)cs1. The Bertz CT molecular complexity index is 1010. The van der Waals surface area contributed by atoms with Crippen molar-refractivity contribution in [3.63, 3.8) is 0 Å². The first-order chi connectivity index (χ1) is 15.2. The molecule has 1 aliphatic heterocycles. The van der Waals surface area contributed by atoms with Crippen LogP contribution in [0.5, 0.6) is 0 Å². The average Bonchev–Trinajstić information content (AvgIpc) is 3.22. The van der Waals surface area contributed by atoms with Gasteiger partial charge in [-0.2, -0.15) is 0 Å². The number of thioether (sulfide) groups is 1. The predicted molar refractivity (Wildman–Crippen MR) is 126 cm³/mol. The summed E-state index contributed by atoms with van der Waals surface area (Å²) in [6, 6.07) is 7.56. The molecule has 0 radical (unpaired) electrons. The predicted octanol–water partition coefficient (Wildman–Crippen LogP) is 3.95. The van der Waals surface area contributed by atoms with Crippen LogP contribution in [-0.4, -0.2) is 57.1 Å². The number of thiazole rings is 1. The first kappa shape index (κ1) is 22.6. The molecule has 0 bridgehead atoms. The number of nitrogens with zero attached hydrogens (tertiary/aromatic N) is 2. The fourth-order valence-corrected chi connectivity index (χ4v) is 4.94. The lowest BCUT2D eigenvalue weighted by molar-refractivity contribution is -0.118. The first-order valence-electron chi connectivity index (χ1n) is 10.5. The largest absolute Gasteiger partial charge is 0.444 e. The van der Waals surface area contributed by atoms with Crippen molar-refractivity contribution in [2.24, 2.45) is 0 Å². The molecule has 1 aromatic heterocycles. The third-order valence-corrected chi connectivity index (χ3v) is 6.79. The third-order valence-electron chi connectivity index (χ3n) is 4.83. The Morgan fingerprint density at radius 2 is 1.88 bits per heavy atom. The van der Waals surface area contributed by atoms with Crippen LogP contribution in [-0.2, 0) is 9.53 Å². The summed E-state index contributed by atoms with van der Waals surface area (Å²) in [5.74, 6) is 0.307. The minimum atomic E-state index is -0.651. The van der Waals surface area contributed by atoms with Gasteiger partial charge < -0.3 is 10.1 Å². The second-order valence-corrected chi connectivity index (χ2v) is 10.8. The lowest BCUT2D eigenvalue weighted by Gasteiger charge is -2.27. The fraction of sp³-hybridized carbons (Fsp3) is 0.455. The molecular weight excluding hydrogens is 448 g/mol. The van der Waals surface area contributed by atoms with Gasteiger partial charge in [-0.25, -0.2) is 9.78 Å². The molecule has 2 N–H and O–H groups in total. The molecular formula is C22H26N4O4S2. The van der Waals surface area contributed by atoms with Gasteiger partial charge in [0.1, 0.15) is 5.60 Å². The van der Waals surface area contributed by atoms with Gasteiger partial charge in [0.2, 0.25) is 0 Å². The van der Waals surface area contributed by atoms with Crippen molar-refractivity contribution < 1.29 is 19.1 Å². The van der Waals surface area contributed by atoms with Gasteiger partial charge in [0.25, 0.3) is 11.8 Å². The number of nitrogens with one attached hydrogen (secondary N) is 2. The summed E-state index contributed by atoms with van der Waals surface area (Å²) in [6.07, 6.45) is 1.60. The van der Waals surface area contributed by atoms with Crippen LogP contribution in [0.25, 0.3) is 11.3 Å². The number of aromatic nitrogens is 1. The minimum Gasteiger partial charge on any atom is -0.444 e. The molecule has 1 saturated heterocycles. The van der Waals surface area contributed by atoms with Gasteiger partial charge >= 0.3 is 6.09 Å². The van der Waals surface area contributed by atoms with E-state index in [2.05, 4.69) is 15.6 Å².